The van der Waals surface area contributed by atoms with Gasteiger partial charge in [-0.25, -0.2) is 27.2 Å². The Kier molecular flexibility index (Phi) is 7.10. The third-order valence-corrected chi connectivity index (χ3v) is 3.12. The number of carbonyl (C=O) groups is 2. The summed E-state index contributed by atoms with van der Waals surface area (Å²) in [4.78, 5) is 21.2. The number of carboxylic acids is 1. The van der Waals surface area contributed by atoms with Crippen LogP contribution in [0.3, 0.4) is 0 Å². The van der Waals surface area contributed by atoms with Gasteiger partial charge in [-0.2, -0.15) is 0 Å². The first-order chi connectivity index (χ1) is 11.7. The molecule has 0 aliphatic rings. The Bertz CT molecular complexity index is 770. The van der Waals surface area contributed by atoms with E-state index < -0.39 is 46.3 Å². The molecule has 0 unspecified atom stereocenters. The fourth-order valence-electron chi connectivity index (χ4n) is 1.86. The molecule has 0 atom stereocenters. The number of methoxy groups -OCH3 is 1. The normalized spacial score (nSPS) is 9.84. The molecule has 4 nitrogen and oxygen atoms in total. The lowest BCUT2D eigenvalue weighted by atomic mass is 10.1. The van der Waals surface area contributed by atoms with Crippen LogP contribution in [0.5, 0.6) is 0 Å². The number of rotatable bonds is 3. The highest BCUT2D eigenvalue weighted by atomic mass is 19.1. The molecule has 0 spiro atoms. The fraction of sp³-hybridized carbons (Fsp3) is 0.176. The van der Waals surface area contributed by atoms with Crippen LogP contribution in [0.4, 0.5) is 17.6 Å². The summed E-state index contributed by atoms with van der Waals surface area (Å²) in [7, 11) is 1.06. The number of halogens is 4. The molecule has 2 aromatic carbocycles. The van der Waals surface area contributed by atoms with Crippen LogP contribution in [0.25, 0.3) is 0 Å². The molecular formula is C17H14F4O4. The van der Waals surface area contributed by atoms with Crippen molar-refractivity contribution in [1.82, 2.24) is 0 Å². The number of esters is 1. The zero-order valence-corrected chi connectivity index (χ0v) is 13.3. The molecule has 134 valence electrons. The monoisotopic (exact) mass is 358 g/mol. The summed E-state index contributed by atoms with van der Waals surface area (Å²) >= 11 is 0. The van der Waals surface area contributed by atoms with Crippen molar-refractivity contribution in [3.8, 4) is 0 Å². The number of hydrogen-bond donors (Lipinski definition) is 1. The highest BCUT2D eigenvalue weighted by Gasteiger charge is 2.18. The highest BCUT2D eigenvalue weighted by molar-refractivity contribution is 5.90. The van der Waals surface area contributed by atoms with Crippen molar-refractivity contribution in [3.63, 3.8) is 0 Å². The smallest absolute Gasteiger partial charge is 0.343 e. The first-order valence-electron chi connectivity index (χ1n) is 6.97. The molecule has 0 aliphatic heterocycles. The SMILES string of the molecule is CCc1ccc(F)c(C(=O)O)c1F.COC(=O)c1c(F)cccc1F. The molecule has 0 radical (unpaired) electrons. The number of hydrogen-bond acceptors (Lipinski definition) is 3. The summed E-state index contributed by atoms with van der Waals surface area (Å²) in [6.07, 6.45) is 0.340. The van der Waals surface area contributed by atoms with Gasteiger partial charge in [0.05, 0.1) is 7.11 Å². The number of carboxylic acid groups (broad SMARTS) is 1. The number of benzene rings is 2. The average Bonchev–Trinajstić information content (AvgIpc) is 2.55. The molecule has 0 bridgehead atoms. The van der Waals surface area contributed by atoms with Crippen molar-refractivity contribution in [2.24, 2.45) is 0 Å². The number of aromatic carboxylic acids is 1. The van der Waals surface area contributed by atoms with E-state index in [4.69, 9.17) is 5.11 Å². The van der Waals surface area contributed by atoms with Gasteiger partial charge in [0.1, 0.15) is 34.4 Å². The van der Waals surface area contributed by atoms with Crippen LogP contribution in [-0.4, -0.2) is 24.2 Å². The van der Waals surface area contributed by atoms with Crippen LogP contribution in [-0.2, 0) is 11.2 Å². The molecular weight excluding hydrogens is 344 g/mol. The molecule has 1 N–H and O–H groups in total. The molecule has 0 amide bonds. The van der Waals surface area contributed by atoms with Crippen molar-refractivity contribution >= 4 is 11.9 Å². The molecule has 0 aromatic heterocycles. The van der Waals surface area contributed by atoms with Crippen molar-refractivity contribution in [2.75, 3.05) is 7.11 Å². The van der Waals surface area contributed by atoms with E-state index in [1.54, 1.807) is 6.92 Å². The summed E-state index contributed by atoms with van der Waals surface area (Å²) in [5.74, 6) is -6.43. The minimum Gasteiger partial charge on any atom is -0.477 e. The lowest BCUT2D eigenvalue weighted by molar-refractivity contribution is 0.0588. The van der Waals surface area contributed by atoms with Gasteiger partial charge in [0.25, 0.3) is 0 Å². The Balaban J connectivity index is 0.000000251. The minimum atomic E-state index is -1.58. The first-order valence-corrected chi connectivity index (χ1v) is 6.97. The van der Waals surface area contributed by atoms with Crippen LogP contribution >= 0.6 is 0 Å². The topological polar surface area (TPSA) is 63.6 Å². The van der Waals surface area contributed by atoms with E-state index in [9.17, 15) is 27.2 Å². The van der Waals surface area contributed by atoms with Gasteiger partial charge in [0.15, 0.2) is 0 Å². The van der Waals surface area contributed by atoms with Crippen LogP contribution in [0, 0.1) is 23.3 Å². The summed E-state index contributed by atoms with van der Waals surface area (Å²) < 4.78 is 55.6. The summed E-state index contributed by atoms with van der Waals surface area (Å²) in [5.41, 5.74) is -1.32. The molecule has 0 aliphatic carbocycles. The second-order valence-corrected chi connectivity index (χ2v) is 4.64. The van der Waals surface area contributed by atoms with E-state index in [1.807, 2.05) is 0 Å². The van der Waals surface area contributed by atoms with Crippen molar-refractivity contribution < 1.29 is 37.0 Å². The number of carbonyl (C=O) groups excluding carboxylic acids is 1. The average molecular weight is 358 g/mol. The molecule has 2 rings (SSSR count). The van der Waals surface area contributed by atoms with Crippen LogP contribution in [0.1, 0.15) is 33.2 Å². The molecule has 8 heteroatoms. The predicted octanol–water partition coefficient (Wildman–Crippen LogP) is 3.98. The maximum absolute atomic E-state index is 13.2. The van der Waals surface area contributed by atoms with E-state index in [1.165, 1.54) is 12.1 Å². The van der Waals surface area contributed by atoms with E-state index >= 15 is 0 Å². The Labute approximate surface area is 140 Å². The largest absolute Gasteiger partial charge is 0.477 e. The third kappa shape index (κ3) is 4.79. The summed E-state index contributed by atoms with van der Waals surface area (Å²) in [6.45, 7) is 1.67. The van der Waals surface area contributed by atoms with Gasteiger partial charge in [0.2, 0.25) is 0 Å². The van der Waals surface area contributed by atoms with E-state index in [0.29, 0.717) is 6.42 Å². The molecule has 0 heterocycles. The minimum absolute atomic E-state index is 0.207. The number of ether oxygens (including phenoxy) is 1. The quantitative estimate of drug-likeness (QED) is 0.666. The number of aryl methyl sites for hydroxylation is 1. The van der Waals surface area contributed by atoms with Crippen molar-refractivity contribution in [2.45, 2.75) is 13.3 Å². The standard InChI is InChI=1S/C9H8F2O2.C8H6F2O2/c1-2-5-3-4-6(10)7(8(5)11)9(12)13;1-12-8(11)7-5(9)3-2-4-6(7)10/h3-4H,2H2,1H3,(H,12,13);2-4H,1H3. The van der Waals surface area contributed by atoms with Gasteiger partial charge in [-0.15, -0.1) is 0 Å². The Morgan fingerprint density at radius 1 is 0.960 bits per heavy atom. The first kappa shape index (κ1) is 20.1. The van der Waals surface area contributed by atoms with Crippen molar-refractivity contribution in [3.05, 3.63) is 70.3 Å². The van der Waals surface area contributed by atoms with Gasteiger partial charge < -0.3 is 9.84 Å². The van der Waals surface area contributed by atoms with Crippen LogP contribution in [0.2, 0.25) is 0 Å². The lowest BCUT2D eigenvalue weighted by Gasteiger charge is -2.03. The Morgan fingerprint density at radius 3 is 1.92 bits per heavy atom. The van der Waals surface area contributed by atoms with Gasteiger partial charge >= 0.3 is 11.9 Å². The van der Waals surface area contributed by atoms with Gasteiger partial charge in [-0.3, -0.25) is 0 Å². The zero-order chi connectivity index (χ0) is 19.1. The van der Waals surface area contributed by atoms with E-state index in [-0.39, 0.29) is 5.56 Å². The van der Waals surface area contributed by atoms with E-state index in [2.05, 4.69) is 4.74 Å². The van der Waals surface area contributed by atoms with E-state index in [0.717, 1.165) is 25.3 Å². The second-order valence-electron chi connectivity index (χ2n) is 4.64. The molecule has 25 heavy (non-hydrogen) atoms. The molecule has 2 aromatic rings. The van der Waals surface area contributed by atoms with Gasteiger partial charge in [-0.05, 0) is 30.2 Å². The predicted molar refractivity (Wildman–Crippen MR) is 80.4 cm³/mol. The lowest BCUT2D eigenvalue weighted by Crippen LogP contribution is -2.07. The van der Waals surface area contributed by atoms with Crippen LogP contribution in [0.15, 0.2) is 30.3 Å². The molecule has 0 fully saturated rings. The van der Waals surface area contributed by atoms with Crippen molar-refractivity contribution in [1.29, 1.82) is 0 Å². The van der Waals surface area contributed by atoms with Gasteiger partial charge in [0, 0.05) is 0 Å². The zero-order valence-electron chi connectivity index (χ0n) is 13.3. The fourth-order valence-corrected chi connectivity index (χ4v) is 1.86. The third-order valence-electron chi connectivity index (χ3n) is 3.12. The highest BCUT2D eigenvalue weighted by Crippen LogP contribution is 2.17. The second kappa shape index (κ2) is 8.81. The Morgan fingerprint density at radius 2 is 1.48 bits per heavy atom. The molecule has 0 saturated heterocycles. The maximum Gasteiger partial charge on any atom is 0.343 e. The van der Waals surface area contributed by atoms with Crippen LogP contribution < -0.4 is 0 Å². The summed E-state index contributed by atoms with van der Waals surface area (Å²) in [5, 5.41) is 8.49. The van der Waals surface area contributed by atoms with Gasteiger partial charge in [-0.1, -0.05) is 19.1 Å². The Hall–Kier alpha value is -2.90. The molecule has 0 saturated carbocycles. The maximum atomic E-state index is 13.2. The summed E-state index contributed by atoms with van der Waals surface area (Å²) in [6, 6.07) is 5.38.